The second kappa shape index (κ2) is 10.7. The highest BCUT2D eigenvalue weighted by Gasteiger charge is 2.20. The summed E-state index contributed by atoms with van der Waals surface area (Å²) in [4.78, 5) is 19.8. The Bertz CT molecular complexity index is 1010. The number of anilines is 2. The molecule has 0 fully saturated rings. The van der Waals surface area contributed by atoms with Crippen molar-refractivity contribution in [2.75, 3.05) is 24.3 Å². The van der Waals surface area contributed by atoms with Crippen LogP contribution >= 0.6 is 23.3 Å². The van der Waals surface area contributed by atoms with Crippen LogP contribution in [0, 0.1) is 18.3 Å². The summed E-state index contributed by atoms with van der Waals surface area (Å²) in [6.07, 6.45) is 2.57. The summed E-state index contributed by atoms with van der Waals surface area (Å²) in [6, 6.07) is 19.2. The van der Waals surface area contributed by atoms with Gasteiger partial charge in [-0.15, -0.1) is 11.3 Å². The Morgan fingerprint density at radius 1 is 1.23 bits per heavy atom. The van der Waals surface area contributed by atoms with Crippen LogP contribution in [0.5, 0.6) is 5.75 Å². The van der Waals surface area contributed by atoms with Gasteiger partial charge >= 0.3 is 0 Å². The van der Waals surface area contributed by atoms with E-state index in [1.807, 2.05) is 49.4 Å². The number of ether oxygens (including phenoxy) is 1. The third kappa shape index (κ3) is 5.53. The number of carbonyl (C=O) groups is 1. The Hall–Kier alpha value is -3.02. The van der Waals surface area contributed by atoms with Crippen LogP contribution in [0.2, 0.25) is 0 Å². The van der Waals surface area contributed by atoms with Crippen molar-refractivity contribution in [3.63, 3.8) is 0 Å². The van der Waals surface area contributed by atoms with Crippen LogP contribution in [-0.2, 0) is 0 Å². The van der Waals surface area contributed by atoms with E-state index in [2.05, 4.69) is 20.7 Å². The van der Waals surface area contributed by atoms with Gasteiger partial charge in [-0.05, 0) is 49.7 Å². The van der Waals surface area contributed by atoms with Crippen LogP contribution in [-0.4, -0.2) is 30.3 Å². The second-order valence-electron chi connectivity index (χ2n) is 6.36. The van der Waals surface area contributed by atoms with Crippen molar-refractivity contribution in [2.24, 2.45) is 0 Å². The molecule has 30 heavy (non-hydrogen) atoms. The number of rotatable bonds is 9. The molecule has 0 saturated carbocycles. The van der Waals surface area contributed by atoms with Crippen LogP contribution in [0.25, 0.3) is 0 Å². The normalized spacial score (nSPS) is 10.3. The number of thiazole rings is 1. The minimum atomic E-state index is -0.199. The summed E-state index contributed by atoms with van der Waals surface area (Å²) in [5.41, 5.74) is 1.95. The molecular weight excluding hydrogens is 416 g/mol. The molecule has 0 bridgehead atoms. The van der Waals surface area contributed by atoms with E-state index >= 15 is 0 Å². The van der Waals surface area contributed by atoms with Crippen LogP contribution in [0.3, 0.4) is 0 Å². The number of aromatic nitrogens is 1. The largest absolute Gasteiger partial charge is 0.494 e. The Balaban J connectivity index is 1.78. The van der Waals surface area contributed by atoms with Gasteiger partial charge in [0.2, 0.25) is 0 Å². The van der Waals surface area contributed by atoms with E-state index < -0.39 is 0 Å². The summed E-state index contributed by atoms with van der Waals surface area (Å²) in [7, 11) is 0. The molecule has 3 aromatic rings. The summed E-state index contributed by atoms with van der Waals surface area (Å²) in [5, 5.41) is 9.82. The van der Waals surface area contributed by atoms with Crippen molar-refractivity contribution in [1.82, 2.24) is 9.71 Å². The molecule has 0 atom stereocenters. The van der Waals surface area contributed by atoms with Crippen molar-refractivity contribution in [1.29, 1.82) is 5.26 Å². The van der Waals surface area contributed by atoms with Crippen molar-refractivity contribution in [2.45, 2.75) is 13.3 Å². The van der Waals surface area contributed by atoms with E-state index in [1.54, 1.807) is 18.4 Å². The molecule has 0 saturated heterocycles. The Labute approximate surface area is 184 Å². The predicted molar refractivity (Wildman–Crippen MR) is 123 cm³/mol. The fraction of sp³-hybridized carbons (Fsp3) is 0.227. The van der Waals surface area contributed by atoms with Crippen molar-refractivity contribution < 1.29 is 9.53 Å². The molecule has 1 N–H and O–H groups in total. The zero-order chi connectivity index (χ0) is 21.3. The molecule has 6 nitrogen and oxygen atoms in total. The maximum Gasteiger partial charge on any atom is 0.280 e. The van der Waals surface area contributed by atoms with Gasteiger partial charge < -0.3 is 9.64 Å². The lowest BCUT2D eigenvalue weighted by Gasteiger charge is -2.22. The molecule has 1 aromatic heterocycles. The Morgan fingerprint density at radius 2 is 1.97 bits per heavy atom. The number of amides is 1. The van der Waals surface area contributed by atoms with Crippen molar-refractivity contribution in [3.8, 4) is 11.8 Å². The number of hydrogen-bond acceptors (Lipinski definition) is 7. The number of carbonyl (C=O) groups excluding carboxylic acids is 1. The quantitative estimate of drug-likeness (QED) is 0.377. The van der Waals surface area contributed by atoms with E-state index in [9.17, 15) is 4.79 Å². The van der Waals surface area contributed by atoms with Crippen LogP contribution in [0.1, 0.15) is 27.3 Å². The number of nitriles is 1. The molecular formula is C22H22N4O2S2. The molecule has 0 spiro atoms. The monoisotopic (exact) mass is 438 g/mol. The molecule has 1 amide bonds. The first-order valence-corrected chi connectivity index (χ1v) is 11.4. The SMILES string of the molecule is CSNC(=O)c1nc(N(CCCOc2ccccc2)c2ccc(C#N)cc2)sc1C. The number of nitrogens with one attached hydrogen (secondary N) is 1. The molecule has 0 radical (unpaired) electrons. The highest BCUT2D eigenvalue weighted by molar-refractivity contribution is 7.97. The van der Waals surface area contributed by atoms with E-state index in [1.165, 1.54) is 23.3 Å². The fourth-order valence-corrected chi connectivity index (χ4v) is 4.06. The standard InChI is InChI=1S/C22H22N4O2S2/c1-16-20(21(27)25-29-2)24-22(30-16)26(18-11-9-17(15-23)10-12-18)13-6-14-28-19-7-4-3-5-8-19/h3-5,7-12H,6,13-14H2,1-2H3,(H,25,27). The van der Waals surface area contributed by atoms with E-state index in [0.29, 0.717) is 24.4 Å². The molecule has 0 aliphatic rings. The number of aryl methyl sites for hydroxylation is 1. The first kappa shape index (κ1) is 21.7. The fourth-order valence-electron chi connectivity index (χ4n) is 2.83. The number of para-hydroxylation sites is 1. The number of benzene rings is 2. The van der Waals surface area contributed by atoms with Gasteiger partial charge in [-0.3, -0.25) is 9.52 Å². The van der Waals surface area contributed by atoms with Crippen molar-refractivity contribution >= 4 is 40.0 Å². The van der Waals surface area contributed by atoms with Gasteiger partial charge in [0, 0.05) is 23.4 Å². The van der Waals surface area contributed by atoms with E-state index in [4.69, 9.17) is 10.00 Å². The average molecular weight is 439 g/mol. The smallest absolute Gasteiger partial charge is 0.280 e. The lowest BCUT2D eigenvalue weighted by Crippen LogP contribution is -2.21. The number of nitrogens with zero attached hydrogens (tertiary/aromatic N) is 3. The molecule has 3 rings (SSSR count). The third-order valence-corrected chi connectivity index (χ3v) is 5.66. The Morgan fingerprint density at radius 3 is 2.63 bits per heavy atom. The van der Waals surface area contributed by atoms with E-state index in [-0.39, 0.29) is 5.91 Å². The lowest BCUT2D eigenvalue weighted by atomic mass is 10.2. The summed E-state index contributed by atoms with van der Waals surface area (Å²) >= 11 is 2.73. The minimum Gasteiger partial charge on any atom is -0.494 e. The highest BCUT2D eigenvalue weighted by Crippen LogP contribution is 2.32. The van der Waals surface area contributed by atoms with Gasteiger partial charge in [0.1, 0.15) is 11.4 Å². The van der Waals surface area contributed by atoms with Gasteiger partial charge in [-0.25, -0.2) is 4.98 Å². The summed E-state index contributed by atoms with van der Waals surface area (Å²) in [5.74, 6) is 0.637. The summed E-state index contributed by atoms with van der Waals surface area (Å²) in [6.45, 7) is 3.11. The second-order valence-corrected chi connectivity index (χ2v) is 8.16. The minimum absolute atomic E-state index is 0.199. The molecule has 0 aliphatic carbocycles. The molecule has 1 heterocycles. The first-order valence-electron chi connectivity index (χ1n) is 9.38. The zero-order valence-corrected chi connectivity index (χ0v) is 18.4. The third-order valence-electron chi connectivity index (χ3n) is 4.27. The summed E-state index contributed by atoms with van der Waals surface area (Å²) < 4.78 is 8.54. The molecule has 2 aromatic carbocycles. The zero-order valence-electron chi connectivity index (χ0n) is 16.8. The molecule has 8 heteroatoms. The topological polar surface area (TPSA) is 78.2 Å². The van der Waals surface area contributed by atoms with Gasteiger partial charge in [-0.1, -0.05) is 30.1 Å². The first-order chi connectivity index (χ1) is 14.6. The van der Waals surface area contributed by atoms with Gasteiger partial charge in [0.05, 0.1) is 18.2 Å². The number of hydrogen-bond donors (Lipinski definition) is 1. The average Bonchev–Trinajstić information content (AvgIpc) is 3.16. The predicted octanol–water partition coefficient (Wildman–Crippen LogP) is 4.94. The van der Waals surface area contributed by atoms with Gasteiger partial charge in [-0.2, -0.15) is 5.26 Å². The maximum atomic E-state index is 12.3. The highest BCUT2D eigenvalue weighted by atomic mass is 32.2. The van der Waals surface area contributed by atoms with Gasteiger partial charge in [0.25, 0.3) is 5.91 Å². The maximum absolute atomic E-state index is 12.3. The molecule has 0 unspecified atom stereocenters. The molecule has 154 valence electrons. The lowest BCUT2D eigenvalue weighted by molar-refractivity contribution is 0.0980. The van der Waals surface area contributed by atoms with Crippen LogP contribution < -0.4 is 14.4 Å². The molecule has 0 aliphatic heterocycles. The van der Waals surface area contributed by atoms with Gasteiger partial charge in [0.15, 0.2) is 5.13 Å². The van der Waals surface area contributed by atoms with E-state index in [0.717, 1.165) is 27.9 Å². The van der Waals surface area contributed by atoms with Crippen molar-refractivity contribution in [3.05, 3.63) is 70.7 Å². The van der Waals surface area contributed by atoms with Crippen LogP contribution in [0.4, 0.5) is 10.8 Å². The van der Waals surface area contributed by atoms with Crippen LogP contribution in [0.15, 0.2) is 54.6 Å². The Kier molecular flexibility index (Phi) is 7.71.